The SMILES string of the molecule is O[C@@H]1[C@@H](OCc2ccc(-c3ccccc3)cc2)CC[C@H]1N1CCCCCC1. The molecule has 3 nitrogen and oxygen atoms in total. The Morgan fingerprint density at radius 2 is 1.48 bits per heavy atom. The number of hydrogen-bond donors (Lipinski definition) is 1. The van der Waals surface area contributed by atoms with Crippen LogP contribution in [0.4, 0.5) is 0 Å². The van der Waals surface area contributed by atoms with Crippen LogP contribution in [0.25, 0.3) is 11.1 Å². The molecule has 1 aliphatic carbocycles. The number of aliphatic hydroxyl groups excluding tert-OH is 1. The number of rotatable bonds is 5. The summed E-state index contributed by atoms with van der Waals surface area (Å²) in [5.74, 6) is 0. The van der Waals surface area contributed by atoms with Crippen LogP contribution in [0.1, 0.15) is 44.1 Å². The third kappa shape index (κ3) is 4.60. The molecule has 144 valence electrons. The van der Waals surface area contributed by atoms with Gasteiger partial charge in [0.25, 0.3) is 0 Å². The lowest BCUT2D eigenvalue weighted by molar-refractivity contribution is -0.0492. The lowest BCUT2D eigenvalue weighted by Crippen LogP contribution is -2.44. The van der Waals surface area contributed by atoms with Crippen LogP contribution in [0.5, 0.6) is 0 Å². The van der Waals surface area contributed by atoms with E-state index in [-0.39, 0.29) is 18.2 Å². The van der Waals surface area contributed by atoms with E-state index < -0.39 is 0 Å². The van der Waals surface area contributed by atoms with E-state index in [1.54, 1.807) is 0 Å². The second-order valence-corrected chi connectivity index (χ2v) is 8.00. The highest BCUT2D eigenvalue weighted by molar-refractivity contribution is 5.63. The molecule has 0 radical (unpaired) electrons. The van der Waals surface area contributed by atoms with Crippen molar-refractivity contribution in [2.24, 2.45) is 0 Å². The number of hydrogen-bond acceptors (Lipinski definition) is 3. The Hall–Kier alpha value is -1.68. The van der Waals surface area contributed by atoms with Gasteiger partial charge < -0.3 is 9.84 Å². The average molecular weight is 366 g/mol. The average Bonchev–Trinajstić information content (AvgIpc) is 2.91. The second kappa shape index (κ2) is 9.01. The molecule has 2 aromatic carbocycles. The van der Waals surface area contributed by atoms with Crippen LogP contribution in [0, 0.1) is 0 Å². The fraction of sp³-hybridized carbons (Fsp3) is 0.500. The third-order valence-electron chi connectivity index (χ3n) is 6.16. The highest BCUT2D eigenvalue weighted by Gasteiger charge is 2.38. The van der Waals surface area contributed by atoms with Crippen molar-refractivity contribution in [3.63, 3.8) is 0 Å². The molecular weight excluding hydrogens is 334 g/mol. The van der Waals surface area contributed by atoms with E-state index >= 15 is 0 Å². The molecule has 1 saturated carbocycles. The Labute approximate surface area is 163 Å². The Kier molecular flexibility index (Phi) is 6.23. The Bertz CT molecular complexity index is 692. The molecule has 1 N–H and O–H groups in total. The molecule has 1 aliphatic heterocycles. The van der Waals surface area contributed by atoms with Crippen molar-refractivity contribution in [3.8, 4) is 11.1 Å². The normalized spacial score (nSPS) is 26.8. The molecule has 2 fully saturated rings. The van der Waals surface area contributed by atoms with Crippen LogP contribution < -0.4 is 0 Å². The lowest BCUT2D eigenvalue weighted by Gasteiger charge is -2.30. The Morgan fingerprint density at radius 3 is 2.19 bits per heavy atom. The first-order valence-electron chi connectivity index (χ1n) is 10.5. The molecular formula is C24H31NO2. The number of likely N-dealkylation sites (tertiary alicyclic amines) is 1. The first kappa shape index (κ1) is 18.7. The molecule has 4 rings (SSSR count). The quantitative estimate of drug-likeness (QED) is 0.838. The maximum absolute atomic E-state index is 10.8. The standard InChI is InChI=1S/C24H31NO2/c26-24-22(25-16-6-1-2-7-17-25)14-15-23(24)27-18-19-10-12-21(13-11-19)20-8-4-3-5-9-20/h3-5,8-13,22-24,26H,1-2,6-7,14-18H2/t22-,23+,24+/m1/s1. The molecule has 1 heterocycles. The van der Waals surface area contributed by atoms with Crippen molar-refractivity contribution in [3.05, 3.63) is 60.2 Å². The van der Waals surface area contributed by atoms with Crippen molar-refractivity contribution in [1.82, 2.24) is 4.90 Å². The summed E-state index contributed by atoms with van der Waals surface area (Å²) >= 11 is 0. The summed E-state index contributed by atoms with van der Waals surface area (Å²) in [6.07, 6.45) is 6.82. The summed E-state index contributed by atoms with van der Waals surface area (Å²) in [6.45, 7) is 2.84. The van der Waals surface area contributed by atoms with E-state index in [0.717, 1.165) is 25.9 Å². The number of aliphatic hydroxyl groups is 1. The highest BCUT2D eigenvalue weighted by Crippen LogP contribution is 2.29. The van der Waals surface area contributed by atoms with E-state index in [1.807, 2.05) is 6.07 Å². The van der Waals surface area contributed by atoms with Crippen LogP contribution in [0.15, 0.2) is 54.6 Å². The largest absolute Gasteiger partial charge is 0.389 e. The summed E-state index contributed by atoms with van der Waals surface area (Å²) in [4.78, 5) is 2.51. The molecule has 1 saturated heterocycles. The molecule has 0 unspecified atom stereocenters. The van der Waals surface area contributed by atoms with Gasteiger partial charge in [-0.3, -0.25) is 4.90 Å². The zero-order chi connectivity index (χ0) is 18.5. The van der Waals surface area contributed by atoms with Crippen LogP contribution in [0.3, 0.4) is 0 Å². The number of ether oxygens (including phenoxy) is 1. The zero-order valence-electron chi connectivity index (χ0n) is 16.1. The van der Waals surface area contributed by atoms with E-state index in [0.29, 0.717) is 6.61 Å². The van der Waals surface area contributed by atoms with E-state index in [9.17, 15) is 5.11 Å². The molecule has 0 bridgehead atoms. The minimum absolute atomic E-state index is 0.0351. The van der Waals surface area contributed by atoms with Gasteiger partial charge in [0.15, 0.2) is 0 Å². The monoisotopic (exact) mass is 365 g/mol. The summed E-state index contributed by atoms with van der Waals surface area (Å²) in [5.41, 5.74) is 3.62. The van der Waals surface area contributed by atoms with Gasteiger partial charge in [-0.15, -0.1) is 0 Å². The van der Waals surface area contributed by atoms with Gasteiger partial charge in [-0.1, -0.05) is 67.4 Å². The Morgan fingerprint density at radius 1 is 0.815 bits per heavy atom. The molecule has 0 amide bonds. The van der Waals surface area contributed by atoms with Gasteiger partial charge in [0.2, 0.25) is 0 Å². The minimum Gasteiger partial charge on any atom is -0.389 e. The predicted molar refractivity (Wildman–Crippen MR) is 110 cm³/mol. The van der Waals surface area contributed by atoms with Gasteiger partial charge in [-0.05, 0) is 55.5 Å². The van der Waals surface area contributed by atoms with Crippen molar-refractivity contribution in [2.75, 3.05) is 13.1 Å². The topological polar surface area (TPSA) is 32.7 Å². The smallest absolute Gasteiger partial charge is 0.0956 e. The first-order valence-corrected chi connectivity index (χ1v) is 10.5. The highest BCUT2D eigenvalue weighted by atomic mass is 16.5. The first-order chi connectivity index (χ1) is 13.3. The van der Waals surface area contributed by atoms with Crippen molar-refractivity contribution in [2.45, 2.75) is 63.4 Å². The maximum Gasteiger partial charge on any atom is 0.0956 e. The van der Waals surface area contributed by atoms with Crippen molar-refractivity contribution < 1.29 is 9.84 Å². The van der Waals surface area contributed by atoms with Gasteiger partial charge in [0.05, 0.1) is 18.8 Å². The minimum atomic E-state index is -0.355. The summed E-state index contributed by atoms with van der Waals surface area (Å²) in [6, 6.07) is 19.3. The molecule has 3 heteroatoms. The fourth-order valence-electron chi connectivity index (χ4n) is 4.56. The van der Waals surface area contributed by atoms with Crippen LogP contribution in [0.2, 0.25) is 0 Å². The molecule has 27 heavy (non-hydrogen) atoms. The van der Waals surface area contributed by atoms with Gasteiger partial charge in [-0.2, -0.15) is 0 Å². The zero-order valence-corrected chi connectivity index (χ0v) is 16.1. The number of nitrogens with zero attached hydrogens (tertiary/aromatic N) is 1. The summed E-state index contributed by atoms with van der Waals surface area (Å²) < 4.78 is 6.12. The Balaban J connectivity index is 1.31. The summed E-state index contributed by atoms with van der Waals surface area (Å²) in [5, 5.41) is 10.8. The molecule has 3 atom stereocenters. The van der Waals surface area contributed by atoms with E-state index in [2.05, 4.69) is 53.4 Å². The van der Waals surface area contributed by atoms with Gasteiger partial charge >= 0.3 is 0 Å². The lowest BCUT2D eigenvalue weighted by atomic mass is 10.0. The van der Waals surface area contributed by atoms with Crippen molar-refractivity contribution in [1.29, 1.82) is 0 Å². The molecule has 0 spiro atoms. The second-order valence-electron chi connectivity index (χ2n) is 8.00. The van der Waals surface area contributed by atoms with Crippen molar-refractivity contribution >= 4 is 0 Å². The fourth-order valence-corrected chi connectivity index (χ4v) is 4.56. The number of benzene rings is 2. The maximum atomic E-state index is 10.8. The third-order valence-corrected chi connectivity index (χ3v) is 6.16. The van der Waals surface area contributed by atoms with Crippen LogP contribution in [-0.2, 0) is 11.3 Å². The van der Waals surface area contributed by atoms with Crippen LogP contribution in [-0.4, -0.2) is 41.3 Å². The predicted octanol–water partition coefficient (Wildman–Crippen LogP) is 4.64. The molecule has 2 aliphatic rings. The molecule has 0 aromatic heterocycles. The summed E-state index contributed by atoms with van der Waals surface area (Å²) in [7, 11) is 0. The molecule has 2 aromatic rings. The van der Waals surface area contributed by atoms with Crippen LogP contribution >= 0.6 is 0 Å². The van der Waals surface area contributed by atoms with E-state index in [4.69, 9.17) is 4.74 Å². The van der Waals surface area contributed by atoms with Gasteiger partial charge in [0.1, 0.15) is 0 Å². The van der Waals surface area contributed by atoms with E-state index in [1.165, 1.54) is 42.4 Å². The van der Waals surface area contributed by atoms with Gasteiger partial charge in [0, 0.05) is 6.04 Å². The van der Waals surface area contributed by atoms with Gasteiger partial charge in [-0.25, -0.2) is 0 Å².